The number of nitrogens with zero attached hydrogens (tertiary/aromatic N) is 4. The minimum absolute atomic E-state index is 0.00888. The Labute approximate surface area is 145 Å². The number of nitrogens with one attached hydrogen (secondary N) is 1. The largest absolute Gasteiger partial charge is 0.319 e. The smallest absolute Gasteiger partial charge is 0.293 e. The van der Waals surface area contributed by atoms with Crippen molar-refractivity contribution < 1.29 is 4.79 Å². The molecule has 1 N–H and O–H groups in total. The van der Waals surface area contributed by atoms with E-state index in [1.807, 2.05) is 18.2 Å². The number of hydrogen-bond donors (Lipinski definition) is 1. The Hall–Kier alpha value is -3.66. The standard InChI is InChI=1S/C18H12BN5O/c1-2-12-4-3-5-15(10-12)24-17(22-16(11-20)23-24)18(25)21-14-8-6-13(19)7-9-14/h2-10H,1H2,(H,21,25). The first-order valence-corrected chi connectivity index (χ1v) is 7.37. The molecule has 2 radical (unpaired) electrons. The normalized spacial score (nSPS) is 10.0. The molecule has 0 aliphatic heterocycles. The Morgan fingerprint density at radius 2 is 2.04 bits per heavy atom. The summed E-state index contributed by atoms with van der Waals surface area (Å²) < 4.78 is 1.33. The Balaban J connectivity index is 1.99. The lowest BCUT2D eigenvalue weighted by molar-refractivity contribution is 0.101. The third kappa shape index (κ3) is 3.48. The first kappa shape index (κ1) is 16.2. The topological polar surface area (TPSA) is 83.6 Å². The van der Waals surface area contributed by atoms with Gasteiger partial charge in [0.1, 0.15) is 13.9 Å². The van der Waals surface area contributed by atoms with Crippen LogP contribution in [0.4, 0.5) is 5.69 Å². The van der Waals surface area contributed by atoms with Crippen LogP contribution in [0.1, 0.15) is 22.0 Å². The first-order chi connectivity index (χ1) is 12.1. The molecule has 0 spiro atoms. The highest BCUT2D eigenvalue weighted by molar-refractivity contribution is 6.32. The van der Waals surface area contributed by atoms with Crippen LogP contribution in [0.15, 0.2) is 55.1 Å². The van der Waals surface area contributed by atoms with Crippen molar-refractivity contribution in [2.24, 2.45) is 0 Å². The number of carbonyl (C=O) groups excluding carboxylic acids is 1. The number of nitriles is 1. The molecule has 2 aromatic carbocycles. The second kappa shape index (κ2) is 6.85. The molecular weight excluding hydrogens is 313 g/mol. The third-order valence-corrected chi connectivity index (χ3v) is 3.43. The van der Waals surface area contributed by atoms with Gasteiger partial charge in [-0.2, -0.15) is 10.2 Å². The highest BCUT2D eigenvalue weighted by Gasteiger charge is 2.19. The maximum atomic E-state index is 12.6. The van der Waals surface area contributed by atoms with Crippen molar-refractivity contribution in [3.63, 3.8) is 0 Å². The molecule has 1 aromatic heterocycles. The van der Waals surface area contributed by atoms with Crippen molar-refractivity contribution in [1.82, 2.24) is 14.8 Å². The number of rotatable bonds is 4. The van der Waals surface area contributed by atoms with E-state index in [0.29, 0.717) is 16.8 Å². The highest BCUT2D eigenvalue weighted by atomic mass is 16.2. The van der Waals surface area contributed by atoms with Crippen LogP contribution < -0.4 is 10.8 Å². The number of aromatic nitrogens is 3. The van der Waals surface area contributed by atoms with E-state index in [1.165, 1.54) is 4.68 Å². The predicted octanol–water partition coefficient (Wildman–Crippen LogP) is 1.83. The molecular formula is C18H12BN5O. The molecule has 0 unspecified atom stereocenters. The molecule has 3 rings (SSSR count). The van der Waals surface area contributed by atoms with Crippen molar-refractivity contribution in [3.8, 4) is 11.8 Å². The minimum Gasteiger partial charge on any atom is -0.319 e. The summed E-state index contributed by atoms with van der Waals surface area (Å²) in [6, 6.07) is 15.8. The molecule has 25 heavy (non-hydrogen) atoms. The SMILES string of the molecule is [B]c1ccc(NC(=O)c2nc(C#N)nn2-c2cccc(C=C)c2)cc1. The van der Waals surface area contributed by atoms with E-state index in [9.17, 15) is 4.79 Å². The van der Waals surface area contributed by atoms with Crippen LogP contribution in [-0.2, 0) is 0 Å². The molecule has 0 bridgehead atoms. The zero-order chi connectivity index (χ0) is 17.8. The van der Waals surface area contributed by atoms with E-state index in [-0.39, 0.29) is 11.6 Å². The molecule has 0 saturated heterocycles. The summed E-state index contributed by atoms with van der Waals surface area (Å²) in [5, 5.41) is 15.9. The Kier molecular flexibility index (Phi) is 4.44. The Morgan fingerprint density at radius 1 is 1.28 bits per heavy atom. The van der Waals surface area contributed by atoms with Gasteiger partial charge in [0.2, 0.25) is 5.82 Å². The van der Waals surface area contributed by atoms with E-state index in [0.717, 1.165) is 5.56 Å². The lowest BCUT2D eigenvalue weighted by Crippen LogP contribution is -2.18. The summed E-state index contributed by atoms with van der Waals surface area (Å²) in [6.45, 7) is 3.72. The van der Waals surface area contributed by atoms with Crippen LogP contribution in [0, 0.1) is 11.3 Å². The van der Waals surface area contributed by atoms with Crippen molar-refractivity contribution in [1.29, 1.82) is 5.26 Å². The minimum atomic E-state index is -0.484. The van der Waals surface area contributed by atoms with Gasteiger partial charge in [-0.1, -0.05) is 42.4 Å². The Morgan fingerprint density at radius 3 is 2.72 bits per heavy atom. The van der Waals surface area contributed by atoms with E-state index in [4.69, 9.17) is 13.1 Å². The molecule has 3 aromatic rings. The maximum Gasteiger partial charge on any atom is 0.293 e. The van der Waals surface area contributed by atoms with Crippen molar-refractivity contribution in [2.75, 3.05) is 5.32 Å². The maximum absolute atomic E-state index is 12.6. The summed E-state index contributed by atoms with van der Waals surface area (Å²) in [5.74, 6) is -0.566. The average Bonchev–Trinajstić information content (AvgIpc) is 3.08. The monoisotopic (exact) mass is 325 g/mol. The zero-order valence-corrected chi connectivity index (χ0v) is 13.2. The van der Waals surface area contributed by atoms with Gasteiger partial charge in [0.05, 0.1) is 5.69 Å². The summed E-state index contributed by atoms with van der Waals surface area (Å²) >= 11 is 0. The molecule has 0 aliphatic carbocycles. The average molecular weight is 325 g/mol. The molecule has 0 fully saturated rings. The van der Waals surface area contributed by atoms with E-state index in [1.54, 1.807) is 42.5 Å². The molecule has 0 saturated carbocycles. The van der Waals surface area contributed by atoms with Crippen LogP contribution in [0.2, 0.25) is 0 Å². The molecule has 0 atom stereocenters. The summed E-state index contributed by atoms with van der Waals surface area (Å²) in [7, 11) is 5.63. The molecule has 7 heteroatoms. The highest BCUT2D eigenvalue weighted by Crippen LogP contribution is 2.15. The van der Waals surface area contributed by atoms with Gasteiger partial charge in [0.25, 0.3) is 11.7 Å². The van der Waals surface area contributed by atoms with Crippen LogP contribution in [-0.4, -0.2) is 28.5 Å². The predicted molar refractivity (Wildman–Crippen MR) is 95.9 cm³/mol. The van der Waals surface area contributed by atoms with E-state index in [2.05, 4.69) is 22.0 Å². The van der Waals surface area contributed by atoms with E-state index < -0.39 is 5.91 Å². The van der Waals surface area contributed by atoms with Gasteiger partial charge in [-0.15, -0.1) is 5.10 Å². The first-order valence-electron chi connectivity index (χ1n) is 7.37. The van der Waals surface area contributed by atoms with Gasteiger partial charge in [0, 0.05) is 5.69 Å². The third-order valence-electron chi connectivity index (χ3n) is 3.43. The van der Waals surface area contributed by atoms with Crippen LogP contribution in [0.25, 0.3) is 11.8 Å². The summed E-state index contributed by atoms with van der Waals surface area (Å²) in [6.07, 6.45) is 1.68. The molecule has 1 amide bonds. The van der Waals surface area contributed by atoms with Gasteiger partial charge in [-0.3, -0.25) is 4.79 Å². The number of benzene rings is 2. The second-order valence-corrected chi connectivity index (χ2v) is 5.16. The fourth-order valence-electron chi connectivity index (χ4n) is 2.22. The lowest BCUT2D eigenvalue weighted by atomic mass is 9.96. The number of carbonyl (C=O) groups is 1. The number of hydrogen-bond acceptors (Lipinski definition) is 4. The Bertz CT molecular complexity index is 985. The fraction of sp³-hybridized carbons (Fsp3) is 0. The second-order valence-electron chi connectivity index (χ2n) is 5.16. The molecule has 0 aliphatic rings. The lowest BCUT2D eigenvalue weighted by Gasteiger charge is -2.08. The number of anilines is 1. The van der Waals surface area contributed by atoms with Gasteiger partial charge in [-0.25, -0.2) is 4.68 Å². The summed E-state index contributed by atoms with van der Waals surface area (Å²) in [5.41, 5.74) is 2.62. The van der Waals surface area contributed by atoms with Crippen molar-refractivity contribution in [2.45, 2.75) is 0 Å². The number of amides is 1. The van der Waals surface area contributed by atoms with Gasteiger partial charge in [0.15, 0.2) is 0 Å². The van der Waals surface area contributed by atoms with Crippen LogP contribution in [0.5, 0.6) is 0 Å². The van der Waals surface area contributed by atoms with Gasteiger partial charge >= 0.3 is 0 Å². The molecule has 6 nitrogen and oxygen atoms in total. The zero-order valence-electron chi connectivity index (χ0n) is 13.2. The fourth-order valence-corrected chi connectivity index (χ4v) is 2.22. The van der Waals surface area contributed by atoms with Crippen LogP contribution in [0.3, 0.4) is 0 Å². The van der Waals surface area contributed by atoms with E-state index >= 15 is 0 Å². The van der Waals surface area contributed by atoms with Crippen LogP contribution >= 0.6 is 0 Å². The van der Waals surface area contributed by atoms with Gasteiger partial charge in [-0.05, 0) is 29.8 Å². The van der Waals surface area contributed by atoms with Crippen molar-refractivity contribution >= 4 is 31.0 Å². The molecule has 1 heterocycles. The molecule has 118 valence electrons. The van der Waals surface area contributed by atoms with Crippen molar-refractivity contribution in [3.05, 3.63) is 72.3 Å². The summed E-state index contributed by atoms with van der Waals surface area (Å²) in [4.78, 5) is 16.6. The quantitative estimate of drug-likeness (QED) is 0.742. The van der Waals surface area contributed by atoms with Gasteiger partial charge < -0.3 is 5.32 Å².